The van der Waals surface area contributed by atoms with E-state index in [4.69, 9.17) is 16.3 Å². The highest BCUT2D eigenvalue weighted by atomic mass is 35.5. The first-order valence-electron chi connectivity index (χ1n) is 13.7. The lowest BCUT2D eigenvalue weighted by molar-refractivity contribution is -0.177. The lowest BCUT2D eigenvalue weighted by Crippen LogP contribution is -2.50. The van der Waals surface area contributed by atoms with Gasteiger partial charge >= 0.3 is 6.18 Å². The highest BCUT2D eigenvalue weighted by Crippen LogP contribution is 2.30. The minimum Gasteiger partial charge on any atom is -0.497 e. The fraction of sp³-hybridized carbons (Fsp3) is 0.344. The Hall–Kier alpha value is -4.25. The second-order valence-electron chi connectivity index (χ2n) is 10.7. The van der Waals surface area contributed by atoms with E-state index in [-0.39, 0.29) is 17.5 Å². The van der Waals surface area contributed by atoms with Crippen molar-refractivity contribution in [2.24, 2.45) is 11.8 Å². The molecule has 0 aliphatic heterocycles. The Kier molecular flexibility index (Phi) is 11.6. The zero-order chi connectivity index (χ0) is 32.6. The number of rotatable bonds is 13. The number of methoxy groups -OCH3 is 1. The number of Topliss-reactive ketones (excluding diaryl/α,β-unsaturated/α-hetero) is 2. The zero-order valence-electron chi connectivity index (χ0n) is 24.6. The fourth-order valence-corrected chi connectivity index (χ4v) is 4.85. The molecule has 2 amide bonds. The molecule has 2 aromatic carbocycles. The van der Waals surface area contributed by atoms with Crippen LogP contribution in [0.25, 0.3) is 0 Å². The molecule has 0 fully saturated rings. The number of benzene rings is 2. The monoisotopic (exact) mass is 631 g/mol. The van der Waals surface area contributed by atoms with Crippen molar-refractivity contribution in [2.75, 3.05) is 7.11 Å². The molecule has 3 rings (SSSR count). The summed E-state index contributed by atoms with van der Waals surface area (Å²) in [6.07, 6.45) is -3.08. The standard InChI is InChI=1S/C32H33ClF3N3O5/c1-18(2)24(29(41)32(34,35)36)16-27(40)28(21-8-6-10-23(15-21)44-4)39-31(43)26(14-20-7-5-9-22(33)13-20)38-30(42)25-17-37-12-11-19(25)3/h5-13,15,17-18,24,26,28H,14,16H2,1-4H3,(H,38,42)(H,39,43)/t24-,26-,28-/m0/s1. The van der Waals surface area contributed by atoms with Crippen molar-refractivity contribution in [3.8, 4) is 5.75 Å². The Labute approximate surface area is 258 Å². The number of hydrogen-bond acceptors (Lipinski definition) is 6. The number of aryl methyl sites for hydroxylation is 1. The second-order valence-corrected chi connectivity index (χ2v) is 11.1. The molecular weight excluding hydrogens is 599 g/mol. The van der Waals surface area contributed by atoms with E-state index in [1.54, 1.807) is 49.4 Å². The van der Waals surface area contributed by atoms with Crippen molar-refractivity contribution < 1.29 is 37.1 Å². The van der Waals surface area contributed by atoms with E-state index >= 15 is 0 Å². The summed E-state index contributed by atoms with van der Waals surface area (Å²) in [7, 11) is 1.39. The molecule has 8 nitrogen and oxygen atoms in total. The minimum atomic E-state index is -5.14. The Morgan fingerprint density at radius 2 is 1.70 bits per heavy atom. The summed E-state index contributed by atoms with van der Waals surface area (Å²) in [4.78, 5) is 56.9. The van der Waals surface area contributed by atoms with Crippen LogP contribution in [0.1, 0.15) is 53.4 Å². The van der Waals surface area contributed by atoms with Gasteiger partial charge in [-0.25, -0.2) is 0 Å². The zero-order valence-corrected chi connectivity index (χ0v) is 25.3. The number of ether oxygens (including phenoxy) is 1. The third kappa shape index (κ3) is 9.12. The van der Waals surface area contributed by atoms with Crippen LogP contribution in [0.2, 0.25) is 5.02 Å². The van der Waals surface area contributed by atoms with Crippen LogP contribution in [0.4, 0.5) is 13.2 Å². The molecule has 12 heteroatoms. The number of alkyl halides is 3. The van der Waals surface area contributed by atoms with Crippen molar-refractivity contribution in [1.29, 1.82) is 0 Å². The van der Waals surface area contributed by atoms with E-state index in [0.29, 0.717) is 21.9 Å². The Morgan fingerprint density at radius 1 is 1.00 bits per heavy atom. The van der Waals surface area contributed by atoms with Crippen LogP contribution in [0.15, 0.2) is 67.0 Å². The number of carbonyl (C=O) groups excluding carboxylic acids is 4. The van der Waals surface area contributed by atoms with Gasteiger partial charge in [0.2, 0.25) is 11.7 Å². The van der Waals surface area contributed by atoms with Crippen LogP contribution in [-0.4, -0.2) is 47.7 Å². The first-order chi connectivity index (χ1) is 20.7. The molecule has 2 N–H and O–H groups in total. The van der Waals surface area contributed by atoms with E-state index in [9.17, 15) is 32.3 Å². The molecule has 0 bridgehead atoms. The summed E-state index contributed by atoms with van der Waals surface area (Å²) in [6.45, 7) is 4.53. The molecule has 0 aliphatic carbocycles. The smallest absolute Gasteiger partial charge is 0.450 e. The van der Waals surface area contributed by atoms with E-state index in [2.05, 4.69) is 15.6 Å². The summed E-state index contributed by atoms with van der Waals surface area (Å²) in [6, 6.07) is 11.7. The minimum absolute atomic E-state index is 0.0301. The Morgan fingerprint density at radius 3 is 2.32 bits per heavy atom. The van der Waals surface area contributed by atoms with E-state index in [0.717, 1.165) is 0 Å². The predicted molar refractivity (Wildman–Crippen MR) is 158 cm³/mol. The van der Waals surface area contributed by atoms with Crippen LogP contribution in [0.5, 0.6) is 5.75 Å². The first kappa shape index (κ1) is 34.2. The van der Waals surface area contributed by atoms with Crippen molar-refractivity contribution in [3.05, 3.63) is 94.3 Å². The van der Waals surface area contributed by atoms with Crippen molar-refractivity contribution in [3.63, 3.8) is 0 Å². The maximum atomic E-state index is 13.8. The molecule has 0 radical (unpaired) electrons. The van der Waals surface area contributed by atoms with Gasteiger partial charge in [-0.2, -0.15) is 13.2 Å². The molecule has 0 aliphatic rings. The fourth-order valence-electron chi connectivity index (χ4n) is 4.64. The van der Waals surface area contributed by atoms with Gasteiger partial charge in [-0.15, -0.1) is 0 Å². The Balaban J connectivity index is 1.99. The first-order valence-corrected chi connectivity index (χ1v) is 14.1. The van der Waals surface area contributed by atoms with Gasteiger partial charge in [0.05, 0.1) is 12.7 Å². The number of carbonyl (C=O) groups is 4. The Bertz CT molecular complexity index is 1510. The lowest BCUT2D eigenvalue weighted by Gasteiger charge is -2.26. The quantitative estimate of drug-likeness (QED) is 0.253. The number of nitrogens with zero attached hydrogens (tertiary/aromatic N) is 1. The number of ketones is 2. The summed E-state index contributed by atoms with van der Waals surface area (Å²) < 4.78 is 45.4. The molecule has 3 aromatic rings. The van der Waals surface area contributed by atoms with Crippen LogP contribution in [0, 0.1) is 18.8 Å². The van der Waals surface area contributed by atoms with Gasteiger partial charge in [-0.3, -0.25) is 24.2 Å². The molecule has 0 spiro atoms. The number of aromatic nitrogens is 1. The molecule has 44 heavy (non-hydrogen) atoms. The van der Waals surface area contributed by atoms with Crippen molar-refractivity contribution in [1.82, 2.24) is 15.6 Å². The third-order valence-corrected chi connectivity index (χ3v) is 7.35. The summed E-state index contributed by atoms with van der Waals surface area (Å²) in [5.74, 6) is -6.37. The van der Waals surface area contributed by atoms with Crippen LogP contribution in [-0.2, 0) is 20.8 Å². The molecule has 1 heterocycles. The number of hydrogen-bond donors (Lipinski definition) is 2. The molecule has 0 saturated carbocycles. The molecule has 0 unspecified atom stereocenters. The largest absolute Gasteiger partial charge is 0.497 e. The highest BCUT2D eigenvalue weighted by molar-refractivity contribution is 6.30. The van der Waals surface area contributed by atoms with Gasteiger partial charge in [0.15, 0.2) is 5.78 Å². The molecule has 3 atom stereocenters. The van der Waals surface area contributed by atoms with Gasteiger partial charge in [-0.1, -0.05) is 49.7 Å². The van der Waals surface area contributed by atoms with Crippen LogP contribution < -0.4 is 15.4 Å². The SMILES string of the molecule is COc1cccc([C@H](NC(=O)[C@H](Cc2cccc(Cl)c2)NC(=O)c2cnccc2C)C(=O)C[C@H](C(=O)C(F)(F)F)C(C)C)c1. The lowest BCUT2D eigenvalue weighted by atomic mass is 9.84. The summed E-state index contributed by atoms with van der Waals surface area (Å²) in [5, 5.41) is 5.69. The number of nitrogens with one attached hydrogen (secondary N) is 2. The van der Waals surface area contributed by atoms with Crippen LogP contribution in [0.3, 0.4) is 0 Å². The predicted octanol–water partition coefficient (Wildman–Crippen LogP) is 5.61. The van der Waals surface area contributed by atoms with Gasteiger partial charge < -0.3 is 15.4 Å². The molecule has 1 aromatic heterocycles. The summed E-state index contributed by atoms with van der Waals surface area (Å²) >= 11 is 6.14. The van der Waals surface area contributed by atoms with E-state index in [1.807, 2.05) is 0 Å². The van der Waals surface area contributed by atoms with Crippen LogP contribution >= 0.6 is 11.6 Å². The third-order valence-electron chi connectivity index (χ3n) is 7.11. The topological polar surface area (TPSA) is 114 Å². The molecular formula is C32H33ClF3N3O5. The van der Waals surface area contributed by atoms with Gasteiger partial charge in [-0.05, 0) is 59.9 Å². The second kappa shape index (κ2) is 15.0. The molecule has 234 valence electrons. The van der Waals surface area contributed by atoms with E-state index in [1.165, 1.54) is 45.5 Å². The van der Waals surface area contributed by atoms with Gasteiger partial charge in [0.1, 0.15) is 17.8 Å². The van der Waals surface area contributed by atoms with Crippen molar-refractivity contribution >= 4 is 35.0 Å². The normalized spacial score (nSPS) is 13.5. The van der Waals surface area contributed by atoms with Gasteiger partial charge in [0.25, 0.3) is 5.91 Å². The number of pyridine rings is 1. The summed E-state index contributed by atoms with van der Waals surface area (Å²) in [5.41, 5.74) is 1.65. The van der Waals surface area contributed by atoms with Gasteiger partial charge in [0, 0.05) is 36.2 Å². The highest BCUT2D eigenvalue weighted by Gasteiger charge is 2.45. The maximum Gasteiger partial charge on any atom is 0.450 e. The van der Waals surface area contributed by atoms with Crippen molar-refractivity contribution in [2.45, 2.75) is 51.9 Å². The number of halogens is 4. The molecule has 0 saturated heterocycles. The van der Waals surface area contributed by atoms with E-state index < -0.39 is 59.9 Å². The number of amides is 2. The average Bonchev–Trinajstić information content (AvgIpc) is 2.97. The average molecular weight is 632 g/mol. The maximum absolute atomic E-state index is 13.8.